The van der Waals surface area contributed by atoms with Crippen LogP contribution in [0.15, 0.2) is 34.8 Å². The summed E-state index contributed by atoms with van der Waals surface area (Å²) in [5, 5.41) is 2.19. The van der Waals surface area contributed by atoms with Crippen LogP contribution in [0.3, 0.4) is 0 Å². The van der Waals surface area contributed by atoms with Crippen LogP contribution in [0.25, 0.3) is 0 Å². The molecule has 2 aromatic rings. The van der Waals surface area contributed by atoms with Gasteiger partial charge in [0.15, 0.2) is 11.6 Å². The average Bonchev–Trinajstić information content (AvgIpc) is 2.42. The largest absolute Gasteiger partial charge is 0.496 e. The first-order valence-corrected chi connectivity index (χ1v) is 6.61. The molecule has 0 radical (unpaired) electrons. The summed E-state index contributed by atoms with van der Waals surface area (Å²) in [6.07, 6.45) is 0. The number of hydrogen-bond acceptors (Lipinski definition) is 3. The van der Waals surface area contributed by atoms with Crippen molar-refractivity contribution in [3.05, 3.63) is 52.0 Å². The van der Waals surface area contributed by atoms with Crippen molar-refractivity contribution in [1.82, 2.24) is 0 Å². The van der Waals surface area contributed by atoms with Crippen molar-refractivity contribution in [1.29, 1.82) is 0 Å². The van der Waals surface area contributed by atoms with E-state index in [2.05, 4.69) is 21.2 Å². The van der Waals surface area contributed by atoms with E-state index < -0.39 is 23.2 Å². The Morgan fingerprint density at radius 1 is 1.24 bits per heavy atom. The topological polar surface area (TPSA) is 64.3 Å². The van der Waals surface area contributed by atoms with Gasteiger partial charge in [-0.25, -0.2) is 8.78 Å². The molecule has 3 N–H and O–H groups in total. The summed E-state index contributed by atoms with van der Waals surface area (Å²) in [5.74, 6) is -2.26. The second-order valence-electron chi connectivity index (χ2n) is 4.16. The number of nitrogens with one attached hydrogen (secondary N) is 1. The second kappa shape index (κ2) is 6.09. The molecular formula is C14H11BrF2N2O2. The monoisotopic (exact) mass is 356 g/mol. The highest BCUT2D eigenvalue weighted by atomic mass is 79.9. The molecule has 21 heavy (non-hydrogen) atoms. The predicted molar refractivity (Wildman–Crippen MR) is 79.4 cm³/mol. The number of benzene rings is 2. The summed E-state index contributed by atoms with van der Waals surface area (Å²) >= 11 is 2.96. The molecule has 0 bridgehead atoms. The van der Waals surface area contributed by atoms with E-state index in [0.717, 1.165) is 12.1 Å². The maximum atomic E-state index is 13.7. The third-order valence-corrected chi connectivity index (χ3v) is 3.17. The van der Waals surface area contributed by atoms with Gasteiger partial charge in [0.05, 0.1) is 12.7 Å². The van der Waals surface area contributed by atoms with Gasteiger partial charge >= 0.3 is 0 Å². The zero-order valence-corrected chi connectivity index (χ0v) is 12.5. The number of halogens is 3. The number of ether oxygens (including phenoxy) is 1. The van der Waals surface area contributed by atoms with Crippen molar-refractivity contribution in [2.45, 2.75) is 0 Å². The normalized spacial score (nSPS) is 10.3. The lowest BCUT2D eigenvalue weighted by Crippen LogP contribution is -2.15. The molecule has 0 fully saturated rings. The van der Waals surface area contributed by atoms with Crippen molar-refractivity contribution in [3.63, 3.8) is 0 Å². The number of nitrogen functional groups attached to an aromatic ring is 1. The molecular weight excluding hydrogens is 346 g/mol. The Hall–Kier alpha value is -2.15. The van der Waals surface area contributed by atoms with Gasteiger partial charge in [-0.2, -0.15) is 0 Å². The van der Waals surface area contributed by atoms with E-state index in [0.29, 0.717) is 5.69 Å². The molecule has 0 aliphatic rings. The Labute approximate surface area is 128 Å². The van der Waals surface area contributed by atoms with Crippen LogP contribution in [0.5, 0.6) is 5.75 Å². The third kappa shape index (κ3) is 3.30. The molecule has 0 aliphatic carbocycles. The van der Waals surface area contributed by atoms with Gasteiger partial charge in [-0.05, 0) is 24.3 Å². The van der Waals surface area contributed by atoms with Crippen LogP contribution in [-0.2, 0) is 0 Å². The fraction of sp³-hybridized carbons (Fsp3) is 0.0714. The lowest BCUT2D eigenvalue weighted by molar-refractivity contribution is 0.102. The molecule has 0 aromatic heterocycles. The standard InChI is InChI=1S/C14H11BrF2N2O2/c1-21-12-6-8(18)2-3-9(12)14(20)19-13-10(16)4-7(15)5-11(13)17/h2-6H,18H2,1H3,(H,19,20). The molecule has 0 saturated heterocycles. The Morgan fingerprint density at radius 3 is 2.43 bits per heavy atom. The van der Waals surface area contributed by atoms with Crippen molar-refractivity contribution >= 4 is 33.2 Å². The molecule has 0 aliphatic heterocycles. The molecule has 2 aromatic carbocycles. The molecule has 0 heterocycles. The van der Waals surface area contributed by atoms with Crippen LogP contribution >= 0.6 is 15.9 Å². The van der Waals surface area contributed by atoms with Crippen molar-refractivity contribution in [2.24, 2.45) is 0 Å². The van der Waals surface area contributed by atoms with E-state index in [1.807, 2.05) is 0 Å². The van der Waals surface area contributed by atoms with E-state index in [-0.39, 0.29) is 15.8 Å². The van der Waals surface area contributed by atoms with E-state index in [4.69, 9.17) is 10.5 Å². The maximum Gasteiger partial charge on any atom is 0.259 e. The quantitative estimate of drug-likeness (QED) is 0.826. The Morgan fingerprint density at radius 2 is 1.86 bits per heavy atom. The predicted octanol–water partition coefficient (Wildman–Crippen LogP) is 3.57. The summed E-state index contributed by atoms with van der Waals surface area (Å²) in [7, 11) is 1.37. The van der Waals surface area contributed by atoms with Crippen LogP contribution in [0, 0.1) is 11.6 Å². The van der Waals surface area contributed by atoms with Gasteiger partial charge in [-0.1, -0.05) is 15.9 Å². The second-order valence-corrected chi connectivity index (χ2v) is 5.07. The van der Waals surface area contributed by atoms with Crippen LogP contribution in [0.2, 0.25) is 0 Å². The van der Waals surface area contributed by atoms with Gasteiger partial charge in [0.2, 0.25) is 0 Å². The summed E-state index contributed by atoms with van der Waals surface area (Å²) in [6, 6.07) is 6.46. The van der Waals surface area contributed by atoms with Crippen molar-refractivity contribution in [2.75, 3.05) is 18.2 Å². The first-order chi connectivity index (χ1) is 9.92. The summed E-state index contributed by atoms with van der Waals surface area (Å²) < 4.78 is 32.7. The Balaban J connectivity index is 2.35. The smallest absolute Gasteiger partial charge is 0.259 e. The van der Waals surface area contributed by atoms with E-state index in [1.54, 1.807) is 0 Å². The SMILES string of the molecule is COc1cc(N)ccc1C(=O)Nc1c(F)cc(Br)cc1F. The van der Waals surface area contributed by atoms with Crippen LogP contribution < -0.4 is 15.8 Å². The van der Waals surface area contributed by atoms with Crippen molar-refractivity contribution < 1.29 is 18.3 Å². The number of rotatable bonds is 3. The molecule has 2 rings (SSSR count). The molecule has 110 valence electrons. The molecule has 0 unspecified atom stereocenters. The highest BCUT2D eigenvalue weighted by molar-refractivity contribution is 9.10. The van der Waals surface area contributed by atoms with E-state index in [1.165, 1.54) is 25.3 Å². The zero-order chi connectivity index (χ0) is 15.6. The number of carbonyl (C=O) groups excluding carboxylic acids is 1. The number of nitrogens with two attached hydrogens (primary N) is 1. The van der Waals surface area contributed by atoms with Crippen LogP contribution in [0.4, 0.5) is 20.2 Å². The minimum atomic E-state index is -0.885. The Kier molecular flexibility index (Phi) is 4.42. The van der Waals surface area contributed by atoms with Gasteiger partial charge < -0.3 is 15.8 Å². The number of amides is 1. The number of hydrogen-bond donors (Lipinski definition) is 2. The zero-order valence-electron chi connectivity index (χ0n) is 10.9. The fourth-order valence-electron chi connectivity index (χ4n) is 1.74. The number of anilines is 2. The lowest BCUT2D eigenvalue weighted by Gasteiger charge is -2.11. The number of methoxy groups -OCH3 is 1. The van der Waals surface area contributed by atoms with Gasteiger partial charge in [0.1, 0.15) is 11.4 Å². The van der Waals surface area contributed by atoms with Gasteiger partial charge in [0, 0.05) is 16.2 Å². The summed E-state index contributed by atoms with van der Waals surface area (Å²) in [4.78, 5) is 12.1. The van der Waals surface area contributed by atoms with Gasteiger partial charge in [-0.15, -0.1) is 0 Å². The molecule has 0 spiro atoms. The van der Waals surface area contributed by atoms with E-state index >= 15 is 0 Å². The van der Waals surface area contributed by atoms with Crippen LogP contribution in [0.1, 0.15) is 10.4 Å². The molecule has 4 nitrogen and oxygen atoms in total. The van der Waals surface area contributed by atoms with Crippen molar-refractivity contribution in [3.8, 4) is 5.75 Å². The highest BCUT2D eigenvalue weighted by Crippen LogP contribution is 2.26. The molecule has 7 heteroatoms. The first kappa shape index (κ1) is 15.2. The molecule has 1 amide bonds. The Bertz CT molecular complexity index is 684. The lowest BCUT2D eigenvalue weighted by atomic mass is 10.1. The van der Waals surface area contributed by atoms with Gasteiger partial charge in [-0.3, -0.25) is 4.79 Å². The maximum absolute atomic E-state index is 13.7. The highest BCUT2D eigenvalue weighted by Gasteiger charge is 2.17. The fourth-order valence-corrected chi connectivity index (χ4v) is 2.14. The minimum Gasteiger partial charge on any atom is -0.496 e. The molecule has 0 saturated carbocycles. The van der Waals surface area contributed by atoms with Crippen LogP contribution in [-0.4, -0.2) is 13.0 Å². The third-order valence-electron chi connectivity index (χ3n) is 2.72. The first-order valence-electron chi connectivity index (χ1n) is 5.81. The summed E-state index contributed by atoms with van der Waals surface area (Å²) in [5.41, 5.74) is 5.58. The molecule has 0 atom stereocenters. The minimum absolute atomic E-state index is 0.119. The van der Waals surface area contributed by atoms with E-state index in [9.17, 15) is 13.6 Å². The number of carbonyl (C=O) groups is 1. The average molecular weight is 357 g/mol. The van der Waals surface area contributed by atoms with Gasteiger partial charge in [0.25, 0.3) is 5.91 Å². The summed E-state index contributed by atoms with van der Waals surface area (Å²) in [6.45, 7) is 0.